The van der Waals surface area contributed by atoms with E-state index in [1.807, 2.05) is 31.4 Å². The molecule has 0 atom stereocenters. The fourth-order valence-corrected chi connectivity index (χ4v) is 2.27. The van der Waals surface area contributed by atoms with E-state index in [2.05, 4.69) is 5.10 Å². The Labute approximate surface area is 103 Å². The Morgan fingerprint density at radius 2 is 2.31 bits per heavy atom. The van der Waals surface area contributed by atoms with Crippen LogP contribution in [-0.2, 0) is 6.54 Å². The van der Waals surface area contributed by atoms with Crippen LogP contribution < -0.4 is 0 Å². The van der Waals surface area contributed by atoms with Gasteiger partial charge in [0.2, 0.25) is 0 Å². The van der Waals surface area contributed by atoms with Crippen LogP contribution in [0.3, 0.4) is 0 Å². The molecular formula is C11H11ClN2OS. The topological polar surface area (TPSA) is 34.9 Å². The Morgan fingerprint density at radius 1 is 1.56 bits per heavy atom. The standard InChI is InChI=1S/C11H11ClN2OS/c1-7-11(12)8(2)14(13-7)6-9(15)10-4-3-5-16-10/h3-5H,6H2,1-2H3. The fraction of sp³-hybridized carbons (Fsp3) is 0.273. The molecule has 0 aromatic carbocycles. The Bertz CT molecular complexity index is 516. The van der Waals surface area contributed by atoms with Gasteiger partial charge in [0, 0.05) is 0 Å². The predicted molar refractivity (Wildman–Crippen MR) is 65.4 cm³/mol. The maximum absolute atomic E-state index is 11.9. The number of rotatable bonds is 3. The molecule has 0 saturated carbocycles. The van der Waals surface area contributed by atoms with E-state index in [0.717, 1.165) is 16.3 Å². The molecule has 0 amide bonds. The molecule has 0 spiro atoms. The van der Waals surface area contributed by atoms with Gasteiger partial charge in [-0.05, 0) is 25.3 Å². The summed E-state index contributed by atoms with van der Waals surface area (Å²) in [5.74, 6) is 0.0669. The summed E-state index contributed by atoms with van der Waals surface area (Å²) in [6, 6.07) is 3.69. The molecule has 3 nitrogen and oxygen atoms in total. The minimum Gasteiger partial charge on any atom is -0.291 e. The third kappa shape index (κ3) is 2.03. The molecule has 0 aliphatic carbocycles. The fourth-order valence-electron chi connectivity index (χ4n) is 1.48. The summed E-state index contributed by atoms with van der Waals surface area (Å²) in [6.07, 6.45) is 0. The number of carbonyl (C=O) groups is 1. The Hall–Kier alpha value is -1.13. The van der Waals surface area contributed by atoms with E-state index in [4.69, 9.17) is 11.6 Å². The van der Waals surface area contributed by atoms with E-state index in [1.54, 1.807) is 4.68 Å². The van der Waals surface area contributed by atoms with Gasteiger partial charge in [-0.15, -0.1) is 11.3 Å². The van der Waals surface area contributed by atoms with Crippen LogP contribution in [0.25, 0.3) is 0 Å². The van der Waals surface area contributed by atoms with Crippen molar-refractivity contribution in [2.45, 2.75) is 20.4 Å². The molecule has 0 radical (unpaired) electrons. The summed E-state index contributed by atoms with van der Waals surface area (Å²) in [7, 11) is 0. The average Bonchev–Trinajstić information content (AvgIpc) is 2.85. The van der Waals surface area contributed by atoms with Crippen LogP contribution >= 0.6 is 22.9 Å². The molecule has 0 unspecified atom stereocenters. The summed E-state index contributed by atoms with van der Waals surface area (Å²) in [5, 5.41) is 6.76. The van der Waals surface area contributed by atoms with E-state index < -0.39 is 0 Å². The molecule has 0 fully saturated rings. The Morgan fingerprint density at radius 3 is 2.81 bits per heavy atom. The molecule has 0 saturated heterocycles. The highest BCUT2D eigenvalue weighted by Gasteiger charge is 2.13. The molecule has 0 aliphatic rings. The number of ketones is 1. The van der Waals surface area contributed by atoms with Crippen molar-refractivity contribution >= 4 is 28.7 Å². The highest BCUT2D eigenvalue weighted by atomic mass is 35.5. The Kier molecular flexibility index (Phi) is 3.12. The van der Waals surface area contributed by atoms with Crippen LogP contribution in [0.2, 0.25) is 5.02 Å². The molecule has 2 aromatic rings. The normalized spacial score (nSPS) is 10.7. The van der Waals surface area contributed by atoms with E-state index >= 15 is 0 Å². The number of hydrogen-bond acceptors (Lipinski definition) is 3. The van der Waals surface area contributed by atoms with Gasteiger partial charge in [0.1, 0.15) is 6.54 Å². The van der Waals surface area contributed by atoms with Gasteiger partial charge in [-0.3, -0.25) is 9.48 Å². The number of thiophene rings is 1. The molecule has 2 aromatic heterocycles. The van der Waals surface area contributed by atoms with Gasteiger partial charge in [-0.25, -0.2) is 0 Å². The van der Waals surface area contributed by atoms with Gasteiger partial charge in [-0.2, -0.15) is 5.10 Å². The van der Waals surface area contributed by atoms with Crippen molar-refractivity contribution in [3.63, 3.8) is 0 Å². The second-order valence-corrected chi connectivity index (χ2v) is 4.87. The average molecular weight is 255 g/mol. The maximum Gasteiger partial charge on any atom is 0.194 e. The lowest BCUT2D eigenvalue weighted by atomic mass is 10.3. The van der Waals surface area contributed by atoms with Crippen molar-refractivity contribution in [3.8, 4) is 0 Å². The van der Waals surface area contributed by atoms with Crippen LogP contribution in [-0.4, -0.2) is 15.6 Å². The molecular weight excluding hydrogens is 244 g/mol. The summed E-state index contributed by atoms with van der Waals surface area (Å²) in [4.78, 5) is 12.6. The molecule has 2 heterocycles. The zero-order valence-electron chi connectivity index (χ0n) is 9.03. The van der Waals surface area contributed by atoms with Gasteiger partial charge >= 0.3 is 0 Å². The zero-order chi connectivity index (χ0) is 11.7. The van der Waals surface area contributed by atoms with Crippen LogP contribution in [0.15, 0.2) is 17.5 Å². The molecule has 84 valence electrons. The number of Topliss-reactive ketones (excluding diaryl/α,β-unsaturated/α-hetero) is 1. The van der Waals surface area contributed by atoms with Gasteiger partial charge < -0.3 is 0 Å². The smallest absolute Gasteiger partial charge is 0.194 e. The van der Waals surface area contributed by atoms with Crippen LogP contribution in [0.1, 0.15) is 21.1 Å². The van der Waals surface area contributed by atoms with Gasteiger partial charge in [0.15, 0.2) is 5.78 Å². The number of carbonyl (C=O) groups excluding carboxylic acids is 1. The van der Waals surface area contributed by atoms with E-state index in [1.165, 1.54) is 11.3 Å². The van der Waals surface area contributed by atoms with Crippen LogP contribution in [0.5, 0.6) is 0 Å². The largest absolute Gasteiger partial charge is 0.291 e. The predicted octanol–water partition coefficient (Wildman–Crippen LogP) is 3.10. The van der Waals surface area contributed by atoms with E-state index in [-0.39, 0.29) is 12.3 Å². The zero-order valence-corrected chi connectivity index (χ0v) is 10.6. The number of halogens is 1. The van der Waals surface area contributed by atoms with Crippen molar-refractivity contribution in [2.75, 3.05) is 0 Å². The quantitative estimate of drug-likeness (QED) is 0.789. The minimum atomic E-state index is 0.0669. The molecule has 5 heteroatoms. The molecule has 0 bridgehead atoms. The number of nitrogens with zero attached hydrogens (tertiary/aromatic N) is 2. The van der Waals surface area contributed by atoms with Gasteiger partial charge in [0.05, 0.1) is 21.3 Å². The first kappa shape index (κ1) is 11.4. The lowest BCUT2D eigenvalue weighted by Crippen LogP contribution is -2.11. The van der Waals surface area contributed by atoms with Gasteiger partial charge in [-0.1, -0.05) is 17.7 Å². The third-order valence-corrected chi connectivity index (χ3v) is 3.84. The third-order valence-electron chi connectivity index (χ3n) is 2.38. The monoisotopic (exact) mass is 254 g/mol. The van der Waals surface area contributed by atoms with Crippen LogP contribution in [0.4, 0.5) is 0 Å². The molecule has 0 aliphatic heterocycles. The minimum absolute atomic E-state index is 0.0669. The first-order chi connectivity index (χ1) is 7.59. The second-order valence-electron chi connectivity index (χ2n) is 3.54. The van der Waals surface area contributed by atoms with Crippen molar-refractivity contribution in [1.29, 1.82) is 0 Å². The number of hydrogen-bond donors (Lipinski definition) is 0. The number of aromatic nitrogens is 2. The molecule has 0 N–H and O–H groups in total. The molecule has 16 heavy (non-hydrogen) atoms. The van der Waals surface area contributed by atoms with Crippen molar-refractivity contribution in [1.82, 2.24) is 9.78 Å². The van der Waals surface area contributed by atoms with Crippen LogP contribution in [0, 0.1) is 13.8 Å². The van der Waals surface area contributed by atoms with Gasteiger partial charge in [0.25, 0.3) is 0 Å². The van der Waals surface area contributed by atoms with Crippen molar-refractivity contribution < 1.29 is 4.79 Å². The summed E-state index contributed by atoms with van der Waals surface area (Å²) < 4.78 is 1.65. The maximum atomic E-state index is 11.9. The lowest BCUT2D eigenvalue weighted by molar-refractivity contribution is 0.0970. The highest BCUT2D eigenvalue weighted by Crippen LogP contribution is 2.19. The van der Waals surface area contributed by atoms with Crippen molar-refractivity contribution in [3.05, 3.63) is 38.8 Å². The molecule has 2 rings (SSSR count). The first-order valence-corrected chi connectivity index (χ1v) is 6.11. The summed E-state index contributed by atoms with van der Waals surface area (Å²) in [6.45, 7) is 3.95. The van der Waals surface area contributed by atoms with Crippen molar-refractivity contribution in [2.24, 2.45) is 0 Å². The lowest BCUT2D eigenvalue weighted by Gasteiger charge is -2.01. The summed E-state index contributed by atoms with van der Waals surface area (Å²) >= 11 is 7.46. The summed E-state index contributed by atoms with van der Waals surface area (Å²) in [5.41, 5.74) is 1.60. The second kappa shape index (κ2) is 4.39. The van der Waals surface area contributed by atoms with E-state index in [0.29, 0.717) is 5.02 Å². The first-order valence-electron chi connectivity index (χ1n) is 4.86. The highest BCUT2D eigenvalue weighted by molar-refractivity contribution is 7.12. The Balaban J connectivity index is 2.22. The van der Waals surface area contributed by atoms with E-state index in [9.17, 15) is 4.79 Å². The SMILES string of the molecule is Cc1nn(CC(=O)c2cccs2)c(C)c1Cl. The number of aryl methyl sites for hydroxylation is 1.